The van der Waals surface area contributed by atoms with Gasteiger partial charge in [-0.05, 0) is 49.4 Å². The third kappa shape index (κ3) is 6.52. The van der Waals surface area contributed by atoms with Crippen LogP contribution in [0.1, 0.15) is 41.2 Å². The van der Waals surface area contributed by atoms with Gasteiger partial charge in [-0.2, -0.15) is 4.99 Å². The predicted octanol–water partition coefficient (Wildman–Crippen LogP) is 3.93. The highest BCUT2D eigenvalue weighted by molar-refractivity contribution is 6.07. The van der Waals surface area contributed by atoms with Crippen molar-refractivity contribution in [1.82, 2.24) is 14.5 Å². The molecule has 218 valence electrons. The van der Waals surface area contributed by atoms with Crippen LogP contribution in [0.5, 0.6) is 5.75 Å². The second-order valence-corrected chi connectivity index (χ2v) is 9.07. The topological polar surface area (TPSA) is 151 Å². The molecular weight excluding hydrogens is 547 g/mol. The van der Waals surface area contributed by atoms with Gasteiger partial charge in [-0.1, -0.05) is 6.07 Å². The second-order valence-electron chi connectivity index (χ2n) is 9.07. The van der Waals surface area contributed by atoms with Gasteiger partial charge in [0.05, 0.1) is 37.2 Å². The molecule has 4 rings (SSSR count). The average Bonchev–Trinajstić information content (AvgIpc) is 3.33. The maximum absolute atomic E-state index is 14.7. The molecular formula is C29H29FN6O6. The summed E-state index contributed by atoms with van der Waals surface area (Å²) in [7, 11) is 4.23. The van der Waals surface area contributed by atoms with E-state index in [0.717, 1.165) is 18.7 Å². The minimum absolute atomic E-state index is 0.00407. The first kappa shape index (κ1) is 29.6. The molecule has 0 spiro atoms. The van der Waals surface area contributed by atoms with E-state index in [1.54, 1.807) is 56.6 Å². The number of halogens is 1. The van der Waals surface area contributed by atoms with Crippen LogP contribution in [0.2, 0.25) is 0 Å². The number of methoxy groups -OCH3 is 2. The lowest BCUT2D eigenvalue weighted by Gasteiger charge is -2.21. The summed E-state index contributed by atoms with van der Waals surface area (Å²) < 4.78 is 31.6. The summed E-state index contributed by atoms with van der Waals surface area (Å²) in [6.45, 7) is 1.83. The second kappa shape index (κ2) is 12.9. The molecule has 2 aromatic heterocycles. The van der Waals surface area contributed by atoms with Gasteiger partial charge >= 0.3 is 12.1 Å². The van der Waals surface area contributed by atoms with E-state index in [-0.39, 0.29) is 36.0 Å². The van der Waals surface area contributed by atoms with E-state index in [1.807, 2.05) is 4.57 Å². The number of pyridine rings is 1. The zero-order valence-electron chi connectivity index (χ0n) is 23.4. The number of aliphatic imine (C=N–C) groups is 1. The highest BCUT2D eigenvalue weighted by atomic mass is 19.1. The van der Waals surface area contributed by atoms with Gasteiger partial charge in [0.15, 0.2) is 11.9 Å². The molecule has 0 bridgehead atoms. The molecule has 1 atom stereocenters. The number of hydrogen-bond acceptors (Lipinski definition) is 8. The van der Waals surface area contributed by atoms with E-state index >= 15 is 0 Å². The number of fused-ring (bicyclic) bond motifs is 1. The maximum atomic E-state index is 14.7. The van der Waals surface area contributed by atoms with Crippen molar-refractivity contribution in [2.45, 2.75) is 19.4 Å². The van der Waals surface area contributed by atoms with Crippen molar-refractivity contribution in [3.63, 3.8) is 0 Å². The van der Waals surface area contributed by atoms with Crippen LogP contribution in [0.3, 0.4) is 0 Å². The molecule has 2 amide bonds. The Morgan fingerprint density at radius 2 is 1.88 bits per heavy atom. The van der Waals surface area contributed by atoms with Crippen molar-refractivity contribution in [2.24, 2.45) is 17.8 Å². The van der Waals surface area contributed by atoms with Crippen LogP contribution >= 0.6 is 0 Å². The number of nitrogens with zero attached hydrogens (tertiary/aromatic N) is 5. The first-order chi connectivity index (χ1) is 20.1. The number of rotatable bonds is 9. The quantitative estimate of drug-likeness (QED) is 0.177. The van der Waals surface area contributed by atoms with Crippen molar-refractivity contribution < 1.29 is 33.0 Å². The molecule has 0 fully saturated rings. The molecule has 1 unspecified atom stereocenters. The van der Waals surface area contributed by atoms with Gasteiger partial charge in [0, 0.05) is 31.4 Å². The molecule has 0 aliphatic carbocycles. The lowest BCUT2D eigenvalue weighted by atomic mass is 10.1. The molecule has 0 saturated heterocycles. The Balaban J connectivity index is 1.57. The van der Waals surface area contributed by atoms with Crippen LogP contribution < -0.4 is 15.4 Å². The van der Waals surface area contributed by atoms with E-state index in [0.29, 0.717) is 22.7 Å². The molecule has 0 radical (unpaired) electrons. The third-order valence-electron chi connectivity index (χ3n) is 6.38. The zero-order valence-corrected chi connectivity index (χ0v) is 23.4. The number of ether oxygens (including phenoxy) is 3. The van der Waals surface area contributed by atoms with Crippen molar-refractivity contribution in [1.29, 1.82) is 0 Å². The van der Waals surface area contributed by atoms with Gasteiger partial charge in [-0.25, -0.2) is 19.2 Å². The number of esters is 1. The molecule has 12 nitrogen and oxygen atoms in total. The van der Waals surface area contributed by atoms with Gasteiger partial charge < -0.3 is 24.5 Å². The van der Waals surface area contributed by atoms with Crippen molar-refractivity contribution >= 4 is 40.7 Å². The molecule has 42 heavy (non-hydrogen) atoms. The van der Waals surface area contributed by atoms with Crippen LogP contribution in [0.4, 0.5) is 15.0 Å². The Hall–Kier alpha value is -5.33. The largest absolute Gasteiger partial charge is 0.483 e. The average molecular weight is 577 g/mol. The number of nitrogens with two attached hydrogens (primary N) is 1. The van der Waals surface area contributed by atoms with Crippen LogP contribution in [0.15, 0.2) is 65.8 Å². The smallest absolute Gasteiger partial charge is 0.435 e. The lowest BCUT2D eigenvalue weighted by molar-refractivity contribution is -0.140. The number of anilines is 1. The third-order valence-corrected chi connectivity index (χ3v) is 6.38. The van der Waals surface area contributed by atoms with Crippen LogP contribution in [0, 0.1) is 5.82 Å². The standard InChI is InChI=1S/C29H29FN6O6/c1-17(42-19-9-10-20(21(30)16-19)26(31)34-29(39)41-4)27-33-22-15-18(8-11-23(22)35(27)2)28(38)36(14-12-25(37)40-3)24-7-5-6-13-32-24/h5-11,13,15-17H,12,14H2,1-4H3,(H2,31,34,39). The monoisotopic (exact) mass is 576 g/mol. The van der Waals surface area contributed by atoms with E-state index in [2.05, 4.69) is 19.7 Å². The highest BCUT2D eigenvalue weighted by Gasteiger charge is 2.23. The number of amides is 2. The molecule has 0 aliphatic rings. The fourth-order valence-corrected chi connectivity index (χ4v) is 4.25. The van der Waals surface area contributed by atoms with E-state index < -0.39 is 24.0 Å². The van der Waals surface area contributed by atoms with Gasteiger partial charge in [0.25, 0.3) is 5.91 Å². The van der Waals surface area contributed by atoms with Gasteiger partial charge in [-0.15, -0.1) is 0 Å². The first-order valence-corrected chi connectivity index (χ1v) is 12.8. The summed E-state index contributed by atoms with van der Waals surface area (Å²) in [6, 6.07) is 14.2. The van der Waals surface area contributed by atoms with Gasteiger partial charge in [0.2, 0.25) is 0 Å². The Bertz CT molecular complexity index is 1660. The van der Waals surface area contributed by atoms with Gasteiger partial charge in [0.1, 0.15) is 23.2 Å². The predicted molar refractivity (Wildman–Crippen MR) is 152 cm³/mol. The Morgan fingerprint density at radius 1 is 1.10 bits per heavy atom. The first-order valence-electron chi connectivity index (χ1n) is 12.8. The summed E-state index contributed by atoms with van der Waals surface area (Å²) in [5, 5.41) is 0. The highest BCUT2D eigenvalue weighted by Crippen LogP contribution is 2.27. The maximum Gasteiger partial charge on any atom is 0.435 e. The van der Waals surface area contributed by atoms with E-state index in [9.17, 15) is 18.8 Å². The number of amidine groups is 1. The van der Waals surface area contributed by atoms with Crippen molar-refractivity contribution in [3.8, 4) is 5.75 Å². The normalized spacial score (nSPS) is 12.1. The number of carbonyl (C=O) groups excluding carboxylic acids is 3. The molecule has 2 aromatic carbocycles. The Kier molecular flexibility index (Phi) is 9.10. The summed E-state index contributed by atoms with van der Waals surface area (Å²) in [6.07, 6.45) is -0.0000371. The molecule has 2 N–H and O–H groups in total. The number of hydrogen-bond donors (Lipinski definition) is 1. The summed E-state index contributed by atoms with van der Waals surface area (Å²) >= 11 is 0. The summed E-state index contributed by atoms with van der Waals surface area (Å²) in [5.74, 6) is -0.746. The van der Waals surface area contributed by atoms with Crippen molar-refractivity contribution in [3.05, 3.63) is 83.6 Å². The minimum atomic E-state index is -0.946. The van der Waals surface area contributed by atoms with E-state index in [1.165, 1.54) is 24.1 Å². The molecule has 0 saturated carbocycles. The van der Waals surface area contributed by atoms with E-state index in [4.69, 9.17) is 15.2 Å². The van der Waals surface area contributed by atoms with Crippen LogP contribution in [0.25, 0.3) is 11.0 Å². The fourth-order valence-electron chi connectivity index (χ4n) is 4.25. The van der Waals surface area contributed by atoms with Gasteiger partial charge in [-0.3, -0.25) is 14.5 Å². The molecule has 4 aromatic rings. The zero-order chi connectivity index (χ0) is 30.4. The molecule has 2 heterocycles. The molecule has 13 heteroatoms. The number of imidazole rings is 1. The Labute approximate surface area is 240 Å². The summed E-state index contributed by atoms with van der Waals surface area (Å²) in [4.78, 5) is 50.4. The Morgan fingerprint density at radius 3 is 2.55 bits per heavy atom. The number of carbonyl (C=O) groups is 3. The van der Waals surface area contributed by atoms with Crippen LogP contribution in [-0.2, 0) is 21.3 Å². The number of aromatic nitrogens is 3. The number of aryl methyl sites for hydroxylation is 1. The number of benzene rings is 2. The van der Waals surface area contributed by atoms with Crippen LogP contribution in [-0.4, -0.2) is 59.1 Å². The summed E-state index contributed by atoms with van der Waals surface area (Å²) in [5.41, 5.74) is 7.25. The minimum Gasteiger partial charge on any atom is -0.483 e. The fraction of sp³-hybridized carbons (Fsp3) is 0.241. The lowest BCUT2D eigenvalue weighted by Crippen LogP contribution is -2.33. The van der Waals surface area contributed by atoms with Crippen molar-refractivity contribution in [2.75, 3.05) is 25.7 Å². The molecule has 0 aliphatic heterocycles. The SMILES string of the molecule is COC(=O)CCN(C(=O)c1ccc2c(c1)nc(C(C)Oc1ccc(/C(N)=N\C(=O)OC)c(F)c1)n2C)c1ccccn1.